The summed E-state index contributed by atoms with van der Waals surface area (Å²) in [6.07, 6.45) is 1.05. The quantitative estimate of drug-likeness (QED) is 0.553. The lowest BCUT2D eigenvalue weighted by Gasteiger charge is -2.06. The minimum Gasteiger partial charge on any atom is -0.397 e. The smallest absolute Gasteiger partial charge is 0.325 e. The summed E-state index contributed by atoms with van der Waals surface area (Å²) < 4.78 is 0. The van der Waals surface area contributed by atoms with Crippen LogP contribution >= 0.6 is 0 Å². The van der Waals surface area contributed by atoms with Crippen molar-refractivity contribution < 1.29 is 4.79 Å². The van der Waals surface area contributed by atoms with Crippen LogP contribution in [-0.2, 0) is 0 Å². The van der Waals surface area contributed by atoms with E-state index in [1.54, 1.807) is 24.3 Å². The van der Waals surface area contributed by atoms with Crippen molar-refractivity contribution in [2.75, 3.05) is 11.1 Å². The van der Waals surface area contributed by atoms with Gasteiger partial charge in [-0.15, -0.1) is 0 Å². The van der Waals surface area contributed by atoms with Gasteiger partial charge in [0, 0.05) is 6.20 Å². The van der Waals surface area contributed by atoms with E-state index in [0.717, 1.165) is 6.20 Å². The summed E-state index contributed by atoms with van der Waals surface area (Å²) in [5.41, 5.74) is 4.80. The highest BCUT2D eigenvalue weighted by atomic mass is 16.2. The molecule has 18 heavy (non-hydrogen) atoms. The minimum atomic E-state index is -0.759. The van der Waals surface area contributed by atoms with Crippen molar-refractivity contribution >= 4 is 17.3 Å². The highest BCUT2D eigenvalue weighted by molar-refractivity contribution is 6.05. The number of aromatic nitrogens is 2. The van der Waals surface area contributed by atoms with Crippen molar-refractivity contribution in [2.45, 2.75) is 0 Å². The summed E-state index contributed by atoms with van der Waals surface area (Å²) in [6, 6.07) is 6.64. The molecule has 7 nitrogen and oxygen atoms in total. The third kappa shape index (κ3) is 2.29. The molecule has 0 aliphatic rings. The predicted octanol–water partition coefficient (Wildman–Crippen LogP) is -0.102. The van der Waals surface area contributed by atoms with Gasteiger partial charge in [-0.2, -0.15) is 0 Å². The summed E-state index contributed by atoms with van der Waals surface area (Å²) in [4.78, 5) is 38.2. The molecule has 0 aliphatic heterocycles. The summed E-state index contributed by atoms with van der Waals surface area (Å²) >= 11 is 0. The Hall–Kier alpha value is -2.83. The Kier molecular flexibility index (Phi) is 2.96. The molecular weight excluding hydrogens is 236 g/mol. The number of anilines is 2. The Labute approximate surface area is 101 Å². The number of rotatable bonds is 2. The second-order valence-corrected chi connectivity index (χ2v) is 3.53. The fourth-order valence-corrected chi connectivity index (χ4v) is 1.38. The van der Waals surface area contributed by atoms with Crippen LogP contribution in [-0.4, -0.2) is 15.9 Å². The first-order valence-corrected chi connectivity index (χ1v) is 5.06. The molecule has 1 heterocycles. The molecule has 0 saturated heterocycles. The molecule has 0 atom stereocenters. The lowest BCUT2D eigenvalue weighted by atomic mass is 10.2. The van der Waals surface area contributed by atoms with Gasteiger partial charge in [-0.05, 0) is 12.1 Å². The number of para-hydroxylation sites is 2. The first-order valence-electron chi connectivity index (χ1n) is 5.06. The molecule has 0 spiro atoms. The maximum Gasteiger partial charge on any atom is 0.325 e. The molecule has 0 aliphatic carbocycles. The van der Waals surface area contributed by atoms with Crippen LogP contribution in [0, 0.1) is 0 Å². The highest BCUT2D eigenvalue weighted by Gasteiger charge is 2.11. The number of H-pyrrole nitrogens is 2. The molecule has 1 aromatic heterocycles. The second kappa shape index (κ2) is 4.58. The van der Waals surface area contributed by atoms with Gasteiger partial charge in [-0.3, -0.25) is 14.6 Å². The van der Waals surface area contributed by atoms with Crippen molar-refractivity contribution in [3.63, 3.8) is 0 Å². The van der Waals surface area contributed by atoms with E-state index in [9.17, 15) is 14.4 Å². The summed E-state index contributed by atoms with van der Waals surface area (Å²) in [5.74, 6) is -0.648. The molecule has 0 unspecified atom stereocenters. The van der Waals surface area contributed by atoms with Gasteiger partial charge in [0.05, 0.1) is 11.4 Å². The zero-order chi connectivity index (χ0) is 13.1. The average Bonchev–Trinajstić information content (AvgIpc) is 2.32. The molecule has 0 saturated carbocycles. The fraction of sp³-hybridized carbons (Fsp3) is 0. The number of carbonyl (C=O) groups is 1. The predicted molar refractivity (Wildman–Crippen MR) is 66.5 cm³/mol. The van der Waals surface area contributed by atoms with E-state index in [1.807, 2.05) is 4.98 Å². The fourth-order valence-electron chi connectivity index (χ4n) is 1.38. The van der Waals surface area contributed by atoms with E-state index in [2.05, 4.69) is 10.3 Å². The van der Waals surface area contributed by atoms with E-state index in [4.69, 9.17) is 5.73 Å². The van der Waals surface area contributed by atoms with Gasteiger partial charge in [0.1, 0.15) is 5.56 Å². The number of hydrogen-bond donors (Lipinski definition) is 4. The topological polar surface area (TPSA) is 121 Å². The Morgan fingerprint density at radius 2 is 1.94 bits per heavy atom. The van der Waals surface area contributed by atoms with E-state index in [1.165, 1.54) is 0 Å². The van der Waals surface area contributed by atoms with Gasteiger partial charge in [0.15, 0.2) is 0 Å². The first-order chi connectivity index (χ1) is 8.58. The molecule has 7 heteroatoms. The van der Waals surface area contributed by atoms with Gasteiger partial charge >= 0.3 is 5.69 Å². The third-order valence-electron chi connectivity index (χ3n) is 2.27. The number of amides is 1. The lowest BCUT2D eigenvalue weighted by molar-refractivity contribution is 0.102. The van der Waals surface area contributed by atoms with Gasteiger partial charge in [0.2, 0.25) is 0 Å². The zero-order valence-corrected chi connectivity index (χ0v) is 9.19. The Morgan fingerprint density at radius 3 is 2.61 bits per heavy atom. The van der Waals surface area contributed by atoms with E-state index < -0.39 is 17.2 Å². The molecule has 0 radical (unpaired) electrons. The molecule has 92 valence electrons. The minimum absolute atomic E-state index is 0.196. The van der Waals surface area contributed by atoms with Gasteiger partial charge in [-0.25, -0.2) is 4.79 Å². The maximum atomic E-state index is 11.8. The van der Waals surface area contributed by atoms with Gasteiger partial charge < -0.3 is 16.0 Å². The molecule has 1 amide bonds. The van der Waals surface area contributed by atoms with Crippen molar-refractivity contribution in [3.05, 3.63) is 56.9 Å². The van der Waals surface area contributed by atoms with Crippen LogP contribution in [0.15, 0.2) is 40.1 Å². The Bertz CT molecular complexity index is 702. The van der Waals surface area contributed by atoms with E-state index in [0.29, 0.717) is 11.4 Å². The number of nitrogen functional groups attached to an aromatic ring is 1. The van der Waals surface area contributed by atoms with Crippen molar-refractivity contribution in [2.24, 2.45) is 0 Å². The average molecular weight is 246 g/mol. The number of nitrogens with two attached hydrogens (primary N) is 1. The Balaban J connectivity index is 2.31. The van der Waals surface area contributed by atoms with E-state index in [-0.39, 0.29) is 5.56 Å². The number of hydrogen-bond acceptors (Lipinski definition) is 4. The van der Waals surface area contributed by atoms with Crippen LogP contribution in [0.3, 0.4) is 0 Å². The van der Waals surface area contributed by atoms with Gasteiger partial charge in [0.25, 0.3) is 11.5 Å². The SMILES string of the molecule is Nc1ccccc1NC(=O)c1c[nH]c(=O)[nH]c1=O. The Morgan fingerprint density at radius 1 is 1.22 bits per heavy atom. The van der Waals surface area contributed by atoms with Gasteiger partial charge in [-0.1, -0.05) is 12.1 Å². The standard InChI is InChI=1S/C11H10N4O3/c12-7-3-1-2-4-8(7)14-9(16)6-5-13-11(18)15-10(6)17/h1-5H,12H2,(H,14,16)(H2,13,15,17,18). The monoisotopic (exact) mass is 246 g/mol. The van der Waals surface area contributed by atoms with Crippen molar-refractivity contribution in [3.8, 4) is 0 Å². The molecule has 5 N–H and O–H groups in total. The highest BCUT2D eigenvalue weighted by Crippen LogP contribution is 2.16. The summed E-state index contributed by atoms with van der Waals surface area (Å²) in [6.45, 7) is 0. The van der Waals surface area contributed by atoms with E-state index >= 15 is 0 Å². The molecule has 0 fully saturated rings. The van der Waals surface area contributed by atoms with Crippen LogP contribution < -0.4 is 22.3 Å². The number of carbonyl (C=O) groups excluding carboxylic acids is 1. The largest absolute Gasteiger partial charge is 0.397 e. The summed E-state index contributed by atoms with van der Waals surface area (Å²) in [5, 5.41) is 2.48. The van der Waals surface area contributed by atoms with Crippen molar-refractivity contribution in [1.82, 2.24) is 9.97 Å². The number of nitrogens with one attached hydrogen (secondary N) is 3. The molecule has 0 bridgehead atoms. The third-order valence-corrected chi connectivity index (χ3v) is 2.27. The number of aromatic amines is 2. The summed E-state index contributed by atoms with van der Waals surface area (Å²) in [7, 11) is 0. The van der Waals surface area contributed by atoms with Crippen LogP contribution in [0.5, 0.6) is 0 Å². The van der Waals surface area contributed by atoms with Crippen LogP contribution in [0.25, 0.3) is 0 Å². The maximum absolute atomic E-state index is 11.8. The van der Waals surface area contributed by atoms with Crippen LogP contribution in [0.1, 0.15) is 10.4 Å². The molecule has 2 aromatic rings. The molecule has 2 rings (SSSR count). The zero-order valence-electron chi connectivity index (χ0n) is 9.19. The van der Waals surface area contributed by atoms with Crippen LogP contribution in [0.4, 0.5) is 11.4 Å². The first kappa shape index (κ1) is 11.6. The number of benzene rings is 1. The normalized spacial score (nSPS) is 10.0. The van der Waals surface area contributed by atoms with Crippen molar-refractivity contribution in [1.29, 1.82) is 0 Å². The van der Waals surface area contributed by atoms with Crippen LogP contribution in [0.2, 0.25) is 0 Å². The lowest BCUT2D eigenvalue weighted by Crippen LogP contribution is -2.29. The molecule has 1 aromatic carbocycles. The second-order valence-electron chi connectivity index (χ2n) is 3.53. The molecular formula is C11H10N4O3.